The predicted octanol–water partition coefficient (Wildman–Crippen LogP) is 5.85. The Labute approximate surface area is 214 Å². The van der Waals surface area contributed by atoms with Crippen LogP contribution < -0.4 is 21.1 Å². The van der Waals surface area contributed by atoms with Gasteiger partial charge in [-0.15, -0.1) is 0 Å². The molecule has 3 rings (SSSR count). The zero-order valence-corrected chi connectivity index (χ0v) is 21.5. The van der Waals surface area contributed by atoms with Gasteiger partial charge in [-0.05, 0) is 63.4 Å². The molecule has 0 saturated carbocycles. The van der Waals surface area contributed by atoms with E-state index in [4.69, 9.17) is 38.4 Å². The van der Waals surface area contributed by atoms with Crippen LogP contribution in [0.1, 0.15) is 43.1 Å². The third-order valence-electron chi connectivity index (χ3n) is 5.02. The van der Waals surface area contributed by atoms with Crippen LogP contribution in [-0.2, 0) is 11.2 Å². The molecule has 0 bridgehead atoms. The first-order valence-corrected chi connectivity index (χ1v) is 11.7. The Balaban J connectivity index is 1.91. The number of aromatic nitrogens is 1. The molecule has 0 aliphatic carbocycles. The number of hydrogen-bond acceptors (Lipinski definition) is 6. The first-order valence-electron chi connectivity index (χ1n) is 11.0. The largest absolute Gasteiger partial charge is 0.496 e. The molecule has 0 saturated heterocycles. The summed E-state index contributed by atoms with van der Waals surface area (Å²) in [5, 5.41) is 7.46. The van der Waals surface area contributed by atoms with Gasteiger partial charge >= 0.3 is 6.09 Å². The molecule has 10 heteroatoms. The van der Waals surface area contributed by atoms with Crippen LogP contribution in [0.4, 0.5) is 16.2 Å². The summed E-state index contributed by atoms with van der Waals surface area (Å²) in [6, 6.07) is 8.77. The lowest BCUT2D eigenvalue weighted by atomic mass is 10.0. The van der Waals surface area contributed by atoms with Crippen molar-refractivity contribution >= 4 is 57.5 Å². The quantitative estimate of drug-likeness (QED) is 0.322. The average Bonchev–Trinajstić information content (AvgIpc) is 2.77. The number of methoxy groups -OCH3 is 1. The smallest absolute Gasteiger partial charge is 0.407 e. The number of carbonyl (C=O) groups excluding carboxylic acids is 2. The zero-order valence-electron chi connectivity index (χ0n) is 20.0. The fourth-order valence-electron chi connectivity index (χ4n) is 3.47. The highest BCUT2D eigenvalue weighted by atomic mass is 35.5. The van der Waals surface area contributed by atoms with E-state index >= 15 is 0 Å². The maximum Gasteiger partial charge on any atom is 0.407 e. The molecule has 4 N–H and O–H groups in total. The summed E-state index contributed by atoms with van der Waals surface area (Å²) in [5.74, 6) is 0.0236. The van der Waals surface area contributed by atoms with Gasteiger partial charge in [0, 0.05) is 29.9 Å². The number of anilines is 2. The van der Waals surface area contributed by atoms with Gasteiger partial charge in [-0.25, -0.2) is 4.79 Å². The van der Waals surface area contributed by atoms with Gasteiger partial charge in [0.25, 0.3) is 5.91 Å². The Bertz CT molecular complexity index is 1260. The summed E-state index contributed by atoms with van der Waals surface area (Å²) in [6.45, 7) is 5.85. The molecule has 35 heavy (non-hydrogen) atoms. The Morgan fingerprint density at radius 1 is 1.11 bits per heavy atom. The molecule has 0 atom stereocenters. The maximum atomic E-state index is 12.2. The van der Waals surface area contributed by atoms with E-state index in [2.05, 4.69) is 15.6 Å². The van der Waals surface area contributed by atoms with Gasteiger partial charge in [-0.3, -0.25) is 9.78 Å². The second-order valence-corrected chi connectivity index (χ2v) is 9.69. The SMILES string of the molecule is COc1cc2ncc(C(N)=O)c(Nc3ccc(Cl)c(Cl)c3)c2cc1CCCNC(=O)OC(C)(C)C. The molecule has 2 aromatic carbocycles. The van der Waals surface area contributed by atoms with E-state index in [-0.39, 0.29) is 5.56 Å². The van der Waals surface area contributed by atoms with Gasteiger partial charge in [-0.1, -0.05) is 23.2 Å². The number of alkyl carbamates (subject to hydrolysis) is 1. The van der Waals surface area contributed by atoms with Gasteiger partial charge in [0.1, 0.15) is 11.4 Å². The fourth-order valence-corrected chi connectivity index (χ4v) is 3.77. The summed E-state index contributed by atoms with van der Waals surface area (Å²) >= 11 is 12.2. The van der Waals surface area contributed by atoms with Gasteiger partial charge in [0.15, 0.2) is 0 Å². The normalized spacial score (nSPS) is 11.3. The van der Waals surface area contributed by atoms with Crippen molar-refractivity contribution in [2.24, 2.45) is 5.73 Å². The molecule has 186 valence electrons. The number of benzene rings is 2. The minimum Gasteiger partial charge on any atom is -0.496 e. The molecule has 3 aromatic rings. The number of nitrogens with one attached hydrogen (secondary N) is 2. The van der Waals surface area contributed by atoms with Crippen molar-refractivity contribution in [2.75, 3.05) is 19.0 Å². The van der Waals surface area contributed by atoms with E-state index in [0.717, 1.165) is 5.56 Å². The molecule has 0 fully saturated rings. The lowest BCUT2D eigenvalue weighted by Crippen LogP contribution is -2.33. The van der Waals surface area contributed by atoms with E-state index in [1.807, 2.05) is 26.8 Å². The van der Waals surface area contributed by atoms with Crippen LogP contribution in [0.3, 0.4) is 0 Å². The number of hydrogen-bond donors (Lipinski definition) is 3. The third-order valence-corrected chi connectivity index (χ3v) is 5.75. The first-order chi connectivity index (χ1) is 16.5. The van der Waals surface area contributed by atoms with Crippen molar-refractivity contribution in [2.45, 2.75) is 39.2 Å². The number of rotatable bonds is 8. The minimum absolute atomic E-state index is 0.228. The monoisotopic (exact) mass is 518 g/mol. The lowest BCUT2D eigenvalue weighted by Gasteiger charge is -2.19. The summed E-state index contributed by atoms with van der Waals surface area (Å²) < 4.78 is 10.8. The molecule has 0 spiro atoms. The predicted molar refractivity (Wildman–Crippen MR) is 139 cm³/mol. The van der Waals surface area contributed by atoms with E-state index in [1.54, 1.807) is 31.4 Å². The Hall–Kier alpha value is -3.23. The van der Waals surface area contributed by atoms with Crippen molar-refractivity contribution < 1.29 is 19.1 Å². The lowest BCUT2D eigenvalue weighted by molar-refractivity contribution is 0.0527. The molecule has 2 amide bonds. The van der Waals surface area contributed by atoms with Crippen LogP contribution in [0.5, 0.6) is 5.75 Å². The molecule has 0 radical (unpaired) electrons. The number of nitrogens with zero attached hydrogens (tertiary/aromatic N) is 1. The summed E-state index contributed by atoms with van der Waals surface area (Å²) in [7, 11) is 1.58. The van der Waals surface area contributed by atoms with Gasteiger partial charge < -0.3 is 25.8 Å². The standard InChI is InChI=1S/C25H28Cl2N4O4/c1-25(2,3)35-24(33)29-9-5-6-14-10-16-20(12-21(14)34-4)30-13-17(23(28)32)22(16)31-15-7-8-18(26)19(27)11-15/h7-8,10-13H,5-6,9H2,1-4H3,(H2,28,32)(H,29,33)(H,30,31). The van der Waals surface area contributed by atoms with E-state index < -0.39 is 17.6 Å². The molecular weight excluding hydrogens is 491 g/mol. The van der Waals surface area contributed by atoms with Gasteiger partial charge in [0.05, 0.1) is 33.9 Å². The van der Waals surface area contributed by atoms with Gasteiger partial charge in [-0.2, -0.15) is 0 Å². The van der Waals surface area contributed by atoms with Gasteiger partial charge in [0.2, 0.25) is 0 Å². The zero-order chi connectivity index (χ0) is 25.8. The number of carbonyl (C=O) groups is 2. The second-order valence-electron chi connectivity index (χ2n) is 8.88. The fraction of sp³-hybridized carbons (Fsp3) is 0.320. The summed E-state index contributed by atoms with van der Waals surface area (Å²) in [5.41, 5.74) is 7.93. The van der Waals surface area contributed by atoms with Crippen LogP contribution in [0.2, 0.25) is 10.0 Å². The first kappa shape index (κ1) is 26.4. The molecule has 1 aromatic heterocycles. The summed E-state index contributed by atoms with van der Waals surface area (Å²) in [6.07, 6.45) is 2.20. The number of primary amides is 1. The van der Waals surface area contributed by atoms with Crippen LogP contribution >= 0.6 is 23.2 Å². The molecule has 8 nitrogen and oxygen atoms in total. The summed E-state index contributed by atoms with van der Waals surface area (Å²) in [4.78, 5) is 28.5. The number of halogens is 2. The molecule has 0 unspecified atom stereocenters. The van der Waals surface area contributed by atoms with E-state index in [9.17, 15) is 9.59 Å². The highest BCUT2D eigenvalue weighted by Crippen LogP contribution is 2.35. The average molecular weight is 519 g/mol. The Morgan fingerprint density at radius 3 is 2.49 bits per heavy atom. The molecule has 0 aliphatic heterocycles. The van der Waals surface area contributed by atoms with E-state index in [1.165, 1.54) is 6.20 Å². The number of ether oxygens (including phenoxy) is 2. The minimum atomic E-state index is -0.624. The van der Waals surface area contributed by atoms with Crippen LogP contribution in [0, 0.1) is 0 Å². The van der Waals surface area contributed by atoms with Crippen molar-refractivity contribution in [1.29, 1.82) is 0 Å². The van der Waals surface area contributed by atoms with Crippen molar-refractivity contribution in [3.63, 3.8) is 0 Å². The Kier molecular flexibility index (Phi) is 8.30. The second kappa shape index (κ2) is 11.0. The van der Waals surface area contributed by atoms with Crippen molar-refractivity contribution in [1.82, 2.24) is 10.3 Å². The third kappa shape index (κ3) is 6.90. The number of amides is 2. The van der Waals surface area contributed by atoms with Crippen LogP contribution in [0.15, 0.2) is 36.5 Å². The molecule has 1 heterocycles. The number of fused-ring (bicyclic) bond motifs is 1. The highest BCUT2D eigenvalue weighted by Gasteiger charge is 2.18. The highest BCUT2D eigenvalue weighted by molar-refractivity contribution is 6.42. The molecule has 0 aliphatic rings. The van der Waals surface area contributed by atoms with E-state index in [0.29, 0.717) is 57.5 Å². The number of nitrogens with two attached hydrogens (primary N) is 1. The molecular formula is C25H28Cl2N4O4. The Morgan fingerprint density at radius 2 is 1.86 bits per heavy atom. The number of pyridine rings is 1. The van der Waals surface area contributed by atoms with Crippen molar-refractivity contribution in [3.05, 3.63) is 57.7 Å². The van der Waals surface area contributed by atoms with Crippen LogP contribution in [-0.4, -0.2) is 36.2 Å². The topological polar surface area (TPSA) is 116 Å². The number of aryl methyl sites for hydroxylation is 1. The van der Waals surface area contributed by atoms with Crippen LogP contribution in [0.25, 0.3) is 10.9 Å². The van der Waals surface area contributed by atoms with Crippen molar-refractivity contribution in [3.8, 4) is 5.75 Å². The maximum absolute atomic E-state index is 12.2.